The number of hydrogen-bond donors (Lipinski definition) is 2. The van der Waals surface area contributed by atoms with Gasteiger partial charge in [0.25, 0.3) is 0 Å². The van der Waals surface area contributed by atoms with E-state index in [1.54, 1.807) is 0 Å². The second-order valence-electron chi connectivity index (χ2n) is 24.0. The van der Waals surface area contributed by atoms with Gasteiger partial charge in [-0.15, -0.1) is 0 Å². The summed E-state index contributed by atoms with van der Waals surface area (Å²) in [7, 11) is 1.50. The molecule has 0 spiro atoms. The number of esters is 1. The summed E-state index contributed by atoms with van der Waals surface area (Å²) in [4.78, 5) is 37.8. The lowest BCUT2D eigenvalue weighted by Gasteiger charge is -2.27. The highest BCUT2D eigenvalue weighted by molar-refractivity contribution is 7.47. The van der Waals surface area contributed by atoms with Crippen LogP contribution >= 0.6 is 7.82 Å². The molecule has 0 aliphatic rings. The first-order valence-corrected chi connectivity index (χ1v) is 35.1. The first-order chi connectivity index (χ1) is 38.4. The maximum atomic E-state index is 13.6. The molecular weight excluding hydrogens is 1000 g/mol. The fraction of sp³-hybridized carbons (Fsp3) is 0.826. The number of carbonyl (C=O) groups is 2. The number of likely N-dealkylation sites (N-methyl/N-ethyl adjacent to an activating group) is 1. The third-order valence-electron chi connectivity index (χ3n) is 14.9. The van der Waals surface area contributed by atoms with Crippen LogP contribution in [0, 0.1) is 0 Å². The number of rotatable bonds is 61. The summed E-state index contributed by atoms with van der Waals surface area (Å²) in [6.07, 6.45) is 75.0. The van der Waals surface area contributed by atoms with Crippen molar-refractivity contribution < 1.29 is 37.3 Å². The molecule has 0 radical (unpaired) electrons. The lowest BCUT2D eigenvalue weighted by atomic mass is 10.0. The Kier molecular flexibility index (Phi) is 57.2. The molecule has 0 fully saturated rings. The Morgan fingerprint density at radius 2 is 0.772 bits per heavy atom. The lowest BCUT2D eigenvalue weighted by Crippen LogP contribution is -2.47. The Morgan fingerprint density at radius 3 is 1.16 bits per heavy atom. The van der Waals surface area contributed by atoms with E-state index < -0.39 is 20.0 Å². The molecule has 0 rings (SSSR count). The minimum absolute atomic E-state index is 0.0387. The molecule has 9 nitrogen and oxygen atoms in total. The Bertz CT molecular complexity index is 1540. The highest BCUT2D eigenvalue weighted by Crippen LogP contribution is 2.43. The van der Waals surface area contributed by atoms with Crippen molar-refractivity contribution in [2.24, 2.45) is 0 Å². The van der Waals surface area contributed by atoms with Gasteiger partial charge in [0.15, 0.2) is 0 Å². The number of nitrogens with one attached hydrogen (secondary N) is 1. The second-order valence-corrected chi connectivity index (χ2v) is 25.4. The summed E-state index contributed by atoms with van der Waals surface area (Å²) in [5.74, 6) is -0.502. The monoisotopic (exact) mass is 1130 g/mol. The van der Waals surface area contributed by atoms with E-state index in [0.717, 1.165) is 70.6 Å². The fourth-order valence-electron chi connectivity index (χ4n) is 9.71. The third-order valence-corrected chi connectivity index (χ3v) is 15.9. The van der Waals surface area contributed by atoms with Gasteiger partial charge in [-0.2, -0.15) is 0 Å². The van der Waals surface area contributed by atoms with Crippen molar-refractivity contribution in [2.75, 3.05) is 40.9 Å². The van der Waals surface area contributed by atoms with Crippen molar-refractivity contribution in [3.05, 3.63) is 60.8 Å². The molecule has 2 N–H and O–H groups in total. The average Bonchev–Trinajstić information content (AvgIpc) is 3.41. The number of phosphoric ester groups is 1. The lowest BCUT2D eigenvalue weighted by molar-refractivity contribution is -0.870. The van der Waals surface area contributed by atoms with Crippen LogP contribution in [0.15, 0.2) is 60.8 Å². The summed E-state index contributed by atoms with van der Waals surface area (Å²) in [6, 6.07) is -0.852. The van der Waals surface area contributed by atoms with Crippen LogP contribution in [0.25, 0.3) is 0 Å². The van der Waals surface area contributed by atoms with Gasteiger partial charge in [0, 0.05) is 12.8 Å². The van der Waals surface area contributed by atoms with E-state index in [9.17, 15) is 19.0 Å². The minimum Gasteiger partial charge on any atom is -0.456 e. The number of ether oxygens (including phenoxy) is 1. The van der Waals surface area contributed by atoms with Crippen LogP contribution in [-0.2, 0) is 27.9 Å². The molecule has 0 aromatic rings. The van der Waals surface area contributed by atoms with Crippen LogP contribution in [0.2, 0.25) is 0 Å². The quantitative estimate of drug-likeness (QED) is 0.0205. The normalized spacial score (nSPS) is 14.0. The molecule has 0 aliphatic heterocycles. The number of quaternary nitrogens is 1. The molecule has 0 aliphatic carbocycles. The Hall–Kier alpha value is -2.29. The van der Waals surface area contributed by atoms with E-state index in [2.05, 4.69) is 74.7 Å². The van der Waals surface area contributed by atoms with Crippen molar-refractivity contribution in [3.8, 4) is 0 Å². The molecule has 0 saturated carbocycles. The molecule has 0 aromatic carbocycles. The maximum Gasteiger partial charge on any atom is 0.472 e. The van der Waals surface area contributed by atoms with Gasteiger partial charge in [-0.3, -0.25) is 18.6 Å². The van der Waals surface area contributed by atoms with Gasteiger partial charge in [-0.05, 0) is 96.0 Å². The SMILES string of the molecule is CCCCC/C=C\C/C=C\CCCCCCCCCCCCCC(=O)OC(/C=C/CCCCCCCCCCCCC)C(COP(=O)(O)OCC[N+](C)(C)C)NC(=O)CCCCCCCCCCC/C=C\C/C=C\CCCCC. The molecule has 0 bridgehead atoms. The zero-order valence-electron chi connectivity index (χ0n) is 52.9. The van der Waals surface area contributed by atoms with Gasteiger partial charge in [-0.25, -0.2) is 4.57 Å². The molecular formula is C69H130N2O7P+. The number of phosphoric acid groups is 1. The van der Waals surface area contributed by atoms with Crippen molar-refractivity contribution in [3.63, 3.8) is 0 Å². The van der Waals surface area contributed by atoms with Gasteiger partial charge in [0.2, 0.25) is 5.91 Å². The number of amides is 1. The van der Waals surface area contributed by atoms with Crippen LogP contribution in [-0.4, -0.2) is 74.3 Å². The van der Waals surface area contributed by atoms with Crippen LogP contribution < -0.4 is 5.32 Å². The van der Waals surface area contributed by atoms with Gasteiger partial charge < -0.3 is 19.4 Å². The predicted molar refractivity (Wildman–Crippen MR) is 342 cm³/mol. The maximum absolute atomic E-state index is 13.6. The summed E-state index contributed by atoms with van der Waals surface area (Å²) in [5.41, 5.74) is 0. The fourth-order valence-corrected chi connectivity index (χ4v) is 10.4. The summed E-state index contributed by atoms with van der Waals surface area (Å²) in [6.45, 7) is 6.99. The summed E-state index contributed by atoms with van der Waals surface area (Å²) >= 11 is 0. The van der Waals surface area contributed by atoms with E-state index in [4.69, 9.17) is 13.8 Å². The third kappa shape index (κ3) is 60.1. The Labute approximate surface area is 490 Å². The van der Waals surface area contributed by atoms with E-state index >= 15 is 0 Å². The zero-order chi connectivity index (χ0) is 57.9. The van der Waals surface area contributed by atoms with Gasteiger partial charge in [0.05, 0.1) is 33.8 Å². The Balaban J connectivity index is 5.19. The van der Waals surface area contributed by atoms with Crippen molar-refractivity contribution >= 4 is 19.7 Å². The van der Waals surface area contributed by atoms with Crippen molar-refractivity contribution in [1.29, 1.82) is 0 Å². The van der Waals surface area contributed by atoms with E-state index in [-0.39, 0.29) is 31.5 Å². The van der Waals surface area contributed by atoms with Crippen LogP contribution in [0.5, 0.6) is 0 Å². The Morgan fingerprint density at radius 1 is 0.443 bits per heavy atom. The molecule has 3 unspecified atom stereocenters. The number of allylic oxidation sites excluding steroid dienone is 9. The second kappa shape index (κ2) is 58.9. The molecule has 79 heavy (non-hydrogen) atoms. The molecule has 462 valence electrons. The highest BCUT2D eigenvalue weighted by atomic mass is 31.2. The molecule has 0 aromatic heterocycles. The van der Waals surface area contributed by atoms with E-state index in [0.29, 0.717) is 17.4 Å². The molecule has 3 atom stereocenters. The van der Waals surface area contributed by atoms with Crippen LogP contribution in [0.3, 0.4) is 0 Å². The van der Waals surface area contributed by atoms with Gasteiger partial charge in [0.1, 0.15) is 19.3 Å². The highest BCUT2D eigenvalue weighted by Gasteiger charge is 2.30. The van der Waals surface area contributed by atoms with E-state index in [1.807, 2.05) is 33.3 Å². The van der Waals surface area contributed by atoms with Crippen molar-refractivity contribution in [2.45, 2.75) is 328 Å². The standard InChI is InChI=1S/C69H129N2O7P/c1-7-10-13-16-19-22-25-28-30-32-34-35-37-39-41-44-47-50-53-56-59-62-69(73)78-67(60-57-54-51-48-45-42-27-24-21-18-15-12-9-3)66(65-77-79(74,75)76-64-63-71(4,5)6)70-68(72)61-58-55-52-49-46-43-40-38-36-33-31-29-26-23-20-17-14-11-8-2/h19-20,22-23,28-31,57,60,66-67H,7-18,21,24-27,32-56,58-59,61-65H2,1-6H3,(H-,70,72,74,75)/p+1/b22-19-,23-20-,30-28-,31-29-,60-57+. The molecule has 0 saturated heterocycles. The number of unbranched alkanes of at least 4 members (excludes halogenated alkanes) is 37. The van der Waals surface area contributed by atoms with Crippen LogP contribution in [0.1, 0.15) is 316 Å². The van der Waals surface area contributed by atoms with Gasteiger partial charge >= 0.3 is 13.8 Å². The summed E-state index contributed by atoms with van der Waals surface area (Å²) in [5, 5.41) is 3.07. The zero-order valence-corrected chi connectivity index (χ0v) is 53.8. The molecule has 10 heteroatoms. The first kappa shape index (κ1) is 76.7. The van der Waals surface area contributed by atoms with Gasteiger partial charge in [-0.1, -0.05) is 268 Å². The van der Waals surface area contributed by atoms with E-state index in [1.165, 1.54) is 212 Å². The largest absolute Gasteiger partial charge is 0.472 e. The number of carbonyl (C=O) groups excluding carboxylic acids is 2. The van der Waals surface area contributed by atoms with Crippen LogP contribution in [0.4, 0.5) is 0 Å². The predicted octanol–water partition coefficient (Wildman–Crippen LogP) is 21.0. The van der Waals surface area contributed by atoms with Crippen molar-refractivity contribution in [1.82, 2.24) is 5.32 Å². The molecule has 1 amide bonds. The summed E-state index contributed by atoms with van der Waals surface area (Å²) < 4.78 is 30.8. The number of hydrogen-bond acceptors (Lipinski definition) is 6. The minimum atomic E-state index is -4.45. The topological polar surface area (TPSA) is 111 Å². The average molecular weight is 1130 g/mol. The first-order valence-electron chi connectivity index (χ1n) is 33.6. The molecule has 0 heterocycles. The number of nitrogens with zero attached hydrogens (tertiary/aromatic N) is 1. The smallest absolute Gasteiger partial charge is 0.456 e.